The highest BCUT2D eigenvalue weighted by atomic mass is 28.1. The highest BCUT2D eigenvalue weighted by Crippen LogP contribution is 2.43. The van der Waals surface area contributed by atoms with E-state index in [0.29, 0.717) is 23.7 Å². The molecule has 4 heteroatoms. The number of hydrogen-bond acceptors (Lipinski definition) is 3. The second-order valence-corrected chi connectivity index (χ2v) is 7.34. The molecule has 0 amide bonds. The molecular weight excluding hydrogens is 220 g/mol. The minimum absolute atomic E-state index is 0.322. The van der Waals surface area contributed by atoms with Gasteiger partial charge in [0.15, 0.2) is 0 Å². The predicted octanol–water partition coefficient (Wildman–Crippen LogP) is 0.513. The van der Waals surface area contributed by atoms with Crippen molar-refractivity contribution in [3.8, 4) is 0 Å². The van der Waals surface area contributed by atoms with Gasteiger partial charge in [-0.1, -0.05) is 6.92 Å². The highest BCUT2D eigenvalue weighted by molar-refractivity contribution is 6.12. The van der Waals surface area contributed by atoms with E-state index in [1.54, 1.807) is 0 Å². The Hall–Kier alpha value is 0.0969. The Morgan fingerprint density at radius 2 is 2.12 bits per heavy atom. The molecule has 0 aromatic carbocycles. The smallest absolute Gasteiger partial charge is 0.0861 e. The van der Waals surface area contributed by atoms with Crippen LogP contribution in [0.1, 0.15) is 26.2 Å². The molecule has 0 saturated carbocycles. The van der Waals surface area contributed by atoms with Gasteiger partial charge in [-0.05, 0) is 18.4 Å². The summed E-state index contributed by atoms with van der Waals surface area (Å²) < 4.78 is 17.3. The van der Waals surface area contributed by atoms with Crippen LogP contribution in [0.15, 0.2) is 0 Å². The lowest BCUT2D eigenvalue weighted by Crippen LogP contribution is -2.47. The normalized spacial score (nSPS) is 44.8. The van der Waals surface area contributed by atoms with Crippen molar-refractivity contribution in [1.29, 1.82) is 0 Å². The van der Waals surface area contributed by atoms with Gasteiger partial charge in [0.2, 0.25) is 0 Å². The molecule has 92 valence electrons. The van der Waals surface area contributed by atoms with Crippen molar-refractivity contribution in [2.45, 2.75) is 50.0 Å². The number of hydrogen-bond donors (Lipinski definition) is 0. The van der Waals surface area contributed by atoms with Crippen molar-refractivity contribution in [2.24, 2.45) is 5.41 Å². The van der Waals surface area contributed by atoms with Crippen LogP contribution in [0.4, 0.5) is 0 Å². The number of ether oxygens (including phenoxy) is 3. The van der Waals surface area contributed by atoms with Crippen molar-refractivity contribution in [1.82, 2.24) is 0 Å². The molecule has 3 fully saturated rings. The minimum Gasteiger partial charge on any atom is -0.380 e. The molecule has 4 atom stereocenters. The second-order valence-electron chi connectivity index (χ2n) is 5.86. The van der Waals surface area contributed by atoms with Crippen LogP contribution in [-0.2, 0) is 14.2 Å². The van der Waals surface area contributed by atoms with Crippen molar-refractivity contribution in [3.63, 3.8) is 0 Å². The van der Waals surface area contributed by atoms with E-state index in [2.05, 4.69) is 6.92 Å². The number of fused-ring (bicyclic) bond motifs is 2. The molecule has 16 heavy (non-hydrogen) atoms. The lowest BCUT2D eigenvalue weighted by atomic mass is 9.84. The number of rotatable bonds is 4. The molecule has 4 unspecified atom stereocenters. The third kappa shape index (κ3) is 1.76. The molecule has 0 spiro atoms. The van der Waals surface area contributed by atoms with E-state index in [-0.39, 0.29) is 0 Å². The minimum atomic E-state index is 0.322. The zero-order valence-electron chi connectivity index (χ0n) is 10.3. The summed E-state index contributed by atoms with van der Waals surface area (Å²) in [5.41, 5.74) is 1.19. The fraction of sp³-hybridized carbons (Fsp3) is 1.00. The molecule has 3 heterocycles. The summed E-state index contributed by atoms with van der Waals surface area (Å²) in [7, 11) is 1.27. The van der Waals surface area contributed by atoms with Crippen LogP contribution in [0.2, 0.25) is 5.54 Å². The van der Waals surface area contributed by atoms with Gasteiger partial charge < -0.3 is 14.2 Å². The fourth-order valence-corrected chi connectivity index (χ4v) is 3.97. The Bertz CT molecular complexity index is 259. The van der Waals surface area contributed by atoms with E-state index in [1.165, 1.54) is 16.7 Å². The van der Waals surface area contributed by atoms with Gasteiger partial charge in [0.05, 0.1) is 38.1 Å². The van der Waals surface area contributed by atoms with E-state index in [1.807, 2.05) is 0 Å². The summed E-state index contributed by atoms with van der Waals surface area (Å²) >= 11 is 0. The van der Waals surface area contributed by atoms with Crippen molar-refractivity contribution in [3.05, 3.63) is 0 Å². The Morgan fingerprint density at radius 3 is 2.56 bits per heavy atom. The van der Waals surface area contributed by atoms with Crippen molar-refractivity contribution >= 4 is 10.2 Å². The largest absolute Gasteiger partial charge is 0.380 e. The monoisotopic (exact) mass is 242 g/mol. The van der Waals surface area contributed by atoms with Gasteiger partial charge in [-0.2, -0.15) is 0 Å². The molecule has 0 radical (unpaired) electrons. The molecule has 3 nitrogen and oxygen atoms in total. The van der Waals surface area contributed by atoms with Crippen molar-refractivity contribution in [2.75, 3.05) is 19.8 Å². The summed E-state index contributed by atoms with van der Waals surface area (Å²) in [6.45, 7) is 4.87. The van der Waals surface area contributed by atoms with Crippen LogP contribution < -0.4 is 0 Å². The molecule has 3 aliphatic rings. The first-order valence-electron chi connectivity index (χ1n) is 6.57. The van der Waals surface area contributed by atoms with E-state index in [0.717, 1.165) is 38.2 Å². The lowest BCUT2D eigenvalue weighted by molar-refractivity contribution is -0.164. The molecule has 2 bridgehead atoms. The van der Waals surface area contributed by atoms with Crippen LogP contribution in [0.25, 0.3) is 0 Å². The van der Waals surface area contributed by atoms with Gasteiger partial charge in [-0.15, -0.1) is 0 Å². The molecule has 0 N–H and O–H groups in total. The third-order valence-electron chi connectivity index (χ3n) is 4.64. The molecular formula is C12H22O3Si. The van der Waals surface area contributed by atoms with Crippen LogP contribution >= 0.6 is 0 Å². The van der Waals surface area contributed by atoms with Crippen LogP contribution in [-0.4, -0.2) is 48.4 Å². The van der Waals surface area contributed by atoms with Gasteiger partial charge in [0.1, 0.15) is 0 Å². The van der Waals surface area contributed by atoms with Gasteiger partial charge in [0.25, 0.3) is 0 Å². The van der Waals surface area contributed by atoms with Crippen LogP contribution in [0.5, 0.6) is 0 Å². The maximum atomic E-state index is 6.09. The van der Waals surface area contributed by atoms with Gasteiger partial charge in [-0.25, -0.2) is 0 Å². The topological polar surface area (TPSA) is 27.7 Å². The van der Waals surface area contributed by atoms with E-state index in [4.69, 9.17) is 14.2 Å². The first kappa shape index (κ1) is 11.2. The van der Waals surface area contributed by atoms with E-state index in [9.17, 15) is 0 Å². The Morgan fingerprint density at radius 1 is 1.31 bits per heavy atom. The zero-order chi connectivity index (χ0) is 11.2. The standard InChI is InChI=1S/C12H22O3Si/c1-2-12(5-13-6-12)7-14-8-3-10-11(16)4-9(8)15-10/h8-11H,2-7H2,1,16H3. The molecule has 3 aliphatic heterocycles. The fourth-order valence-electron chi connectivity index (χ4n) is 3.08. The average Bonchev–Trinajstić information content (AvgIpc) is 2.75. The Labute approximate surface area is 100 Å². The van der Waals surface area contributed by atoms with Crippen molar-refractivity contribution < 1.29 is 14.2 Å². The van der Waals surface area contributed by atoms with Gasteiger partial charge in [0, 0.05) is 22.1 Å². The first-order valence-corrected chi connectivity index (χ1v) is 7.73. The average molecular weight is 242 g/mol. The van der Waals surface area contributed by atoms with E-state index >= 15 is 0 Å². The Kier molecular flexibility index (Phi) is 2.86. The van der Waals surface area contributed by atoms with Crippen LogP contribution in [0, 0.1) is 5.41 Å². The maximum absolute atomic E-state index is 6.09. The lowest BCUT2D eigenvalue weighted by Gasteiger charge is -2.41. The second kappa shape index (κ2) is 4.09. The summed E-state index contributed by atoms with van der Waals surface area (Å²) in [5.74, 6) is 0. The molecule has 0 aliphatic carbocycles. The molecule has 3 saturated heterocycles. The highest BCUT2D eigenvalue weighted by Gasteiger charge is 2.47. The molecule has 3 rings (SSSR count). The summed E-state index contributed by atoms with van der Waals surface area (Å²) in [6, 6.07) is 0. The molecule has 0 aromatic rings. The van der Waals surface area contributed by atoms with E-state index < -0.39 is 0 Å². The zero-order valence-corrected chi connectivity index (χ0v) is 12.3. The quantitative estimate of drug-likeness (QED) is 0.673. The third-order valence-corrected chi connectivity index (χ3v) is 5.85. The van der Waals surface area contributed by atoms with Gasteiger partial charge >= 0.3 is 0 Å². The maximum Gasteiger partial charge on any atom is 0.0861 e. The Balaban J connectivity index is 1.50. The van der Waals surface area contributed by atoms with Gasteiger partial charge in [-0.3, -0.25) is 0 Å². The molecule has 0 aromatic heterocycles. The summed E-state index contributed by atoms with van der Waals surface area (Å²) in [6.07, 6.45) is 4.85. The first-order chi connectivity index (χ1) is 7.72. The van der Waals surface area contributed by atoms with Crippen LogP contribution in [0.3, 0.4) is 0 Å². The summed E-state index contributed by atoms with van der Waals surface area (Å²) in [5, 5.41) is 0. The summed E-state index contributed by atoms with van der Waals surface area (Å²) in [4.78, 5) is 0. The predicted molar refractivity (Wildman–Crippen MR) is 64.9 cm³/mol. The SMILES string of the molecule is CCC1(COC2CC3OC2CC3[SiH3])COC1.